The third-order valence-electron chi connectivity index (χ3n) is 3.72. The number of amides is 1. The van der Waals surface area contributed by atoms with Crippen molar-refractivity contribution in [2.45, 2.75) is 39.4 Å². The van der Waals surface area contributed by atoms with Crippen molar-refractivity contribution in [2.24, 2.45) is 0 Å². The van der Waals surface area contributed by atoms with E-state index >= 15 is 0 Å². The Labute approximate surface area is 125 Å². The van der Waals surface area contributed by atoms with Crippen LogP contribution in [-0.4, -0.2) is 54.0 Å². The molecule has 2 heterocycles. The molecule has 1 aliphatic heterocycles. The van der Waals surface area contributed by atoms with E-state index in [1.807, 2.05) is 32.1 Å². The van der Waals surface area contributed by atoms with Crippen molar-refractivity contribution < 1.29 is 4.79 Å². The second-order valence-electron chi connectivity index (χ2n) is 5.73. The van der Waals surface area contributed by atoms with E-state index in [0.29, 0.717) is 0 Å². The van der Waals surface area contributed by atoms with Crippen molar-refractivity contribution in [2.75, 3.05) is 26.2 Å². The van der Waals surface area contributed by atoms with Crippen molar-refractivity contribution in [1.82, 2.24) is 15.1 Å². The second-order valence-corrected chi connectivity index (χ2v) is 6.76. The summed E-state index contributed by atoms with van der Waals surface area (Å²) >= 11 is 1.82. The van der Waals surface area contributed by atoms with Gasteiger partial charge in [0.25, 0.3) is 0 Å². The number of piperazine rings is 1. The first-order chi connectivity index (χ1) is 9.56. The maximum absolute atomic E-state index is 12.0. The molecule has 0 aromatic carbocycles. The fraction of sp³-hybridized carbons (Fsp3) is 0.667. The Bertz CT molecular complexity index is 411. The number of nitrogens with zero attached hydrogens (tertiary/aromatic N) is 2. The molecule has 0 spiro atoms. The standard InChI is InChI=1S/C15H25N3OS/c1-12(2)16-15(19)13(3)18-8-6-17(7-9-18)11-14-5-4-10-20-14/h4-5,10,12-13H,6-9,11H2,1-3H3,(H,16,19)/t13-/m1/s1. The molecule has 0 aliphatic carbocycles. The molecule has 1 atom stereocenters. The molecule has 1 N–H and O–H groups in total. The Hall–Kier alpha value is -0.910. The van der Waals surface area contributed by atoms with E-state index in [0.717, 1.165) is 32.7 Å². The molecule has 4 nitrogen and oxygen atoms in total. The number of thiophene rings is 1. The van der Waals surface area contributed by atoms with Gasteiger partial charge >= 0.3 is 0 Å². The molecule has 0 radical (unpaired) electrons. The Morgan fingerprint density at radius 3 is 2.55 bits per heavy atom. The highest BCUT2D eigenvalue weighted by Gasteiger charge is 2.25. The fourth-order valence-corrected chi connectivity index (χ4v) is 3.25. The van der Waals surface area contributed by atoms with Gasteiger partial charge in [0, 0.05) is 43.6 Å². The topological polar surface area (TPSA) is 35.6 Å². The molecule has 1 aromatic rings. The number of hydrogen-bond donors (Lipinski definition) is 1. The highest BCUT2D eigenvalue weighted by atomic mass is 32.1. The summed E-state index contributed by atoms with van der Waals surface area (Å²) in [7, 11) is 0. The number of carbonyl (C=O) groups excluding carboxylic acids is 1. The maximum Gasteiger partial charge on any atom is 0.237 e. The van der Waals surface area contributed by atoms with E-state index in [9.17, 15) is 4.79 Å². The lowest BCUT2D eigenvalue weighted by Crippen LogP contribution is -2.54. The van der Waals surface area contributed by atoms with Gasteiger partial charge in [0.1, 0.15) is 0 Å². The van der Waals surface area contributed by atoms with Crippen molar-refractivity contribution in [3.05, 3.63) is 22.4 Å². The van der Waals surface area contributed by atoms with Gasteiger partial charge < -0.3 is 5.32 Å². The van der Waals surface area contributed by atoms with Gasteiger partial charge in [0.2, 0.25) is 5.91 Å². The van der Waals surface area contributed by atoms with E-state index in [1.54, 1.807) is 0 Å². The van der Waals surface area contributed by atoms with Crippen molar-refractivity contribution in [1.29, 1.82) is 0 Å². The summed E-state index contributed by atoms with van der Waals surface area (Å²) in [6.07, 6.45) is 0. The molecule has 1 amide bonds. The molecule has 1 aromatic heterocycles. The summed E-state index contributed by atoms with van der Waals surface area (Å²) in [5.41, 5.74) is 0. The molecule has 1 fully saturated rings. The fourth-order valence-electron chi connectivity index (χ4n) is 2.50. The second kappa shape index (κ2) is 7.20. The Balaban J connectivity index is 1.77. The highest BCUT2D eigenvalue weighted by molar-refractivity contribution is 7.09. The summed E-state index contributed by atoms with van der Waals surface area (Å²) in [4.78, 5) is 18.2. The van der Waals surface area contributed by atoms with E-state index in [2.05, 4.69) is 32.6 Å². The first-order valence-electron chi connectivity index (χ1n) is 7.35. The molecule has 0 unspecified atom stereocenters. The van der Waals surface area contributed by atoms with Gasteiger partial charge in [0.05, 0.1) is 6.04 Å². The van der Waals surface area contributed by atoms with Crippen LogP contribution in [0.25, 0.3) is 0 Å². The van der Waals surface area contributed by atoms with Gasteiger partial charge in [-0.15, -0.1) is 11.3 Å². The minimum Gasteiger partial charge on any atom is -0.353 e. The van der Waals surface area contributed by atoms with Gasteiger partial charge in [-0.3, -0.25) is 14.6 Å². The Morgan fingerprint density at radius 1 is 1.30 bits per heavy atom. The van der Waals surface area contributed by atoms with E-state index < -0.39 is 0 Å². The minimum atomic E-state index is -0.0266. The highest BCUT2D eigenvalue weighted by Crippen LogP contribution is 2.14. The van der Waals surface area contributed by atoms with Crippen LogP contribution in [0.2, 0.25) is 0 Å². The first kappa shape index (κ1) is 15.5. The number of nitrogens with one attached hydrogen (secondary N) is 1. The quantitative estimate of drug-likeness (QED) is 0.899. The lowest BCUT2D eigenvalue weighted by molar-refractivity contribution is -0.127. The lowest BCUT2D eigenvalue weighted by Gasteiger charge is -2.37. The van der Waals surface area contributed by atoms with E-state index in [4.69, 9.17) is 0 Å². The Morgan fingerprint density at radius 2 is 2.00 bits per heavy atom. The normalized spacial score (nSPS) is 19.2. The van der Waals surface area contributed by atoms with Crippen LogP contribution in [-0.2, 0) is 11.3 Å². The van der Waals surface area contributed by atoms with Crippen LogP contribution in [0.4, 0.5) is 0 Å². The van der Waals surface area contributed by atoms with Gasteiger partial charge in [-0.25, -0.2) is 0 Å². The van der Waals surface area contributed by atoms with E-state index in [1.165, 1.54) is 4.88 Å². The summed E-state index contributed by atoms with van der Waals surface area (Å²) in [5, 5.41) is 5.12. The smallest absolute Gasteiger partial charge is 0.237 e. The van der Waals surface area contributed by atoms with Gasteiger partial charge in [0.15, 0.2) is 0 Å². The Kier molecular flexibility index (Phi) is 5.57. The van der Waals surface area contributed by atoms with E-state index in [-0.39, 0.29) is 18.0 Å². The number of hydrogen-bond acceptors (Lipinski definition) is 4. The van der Waals surface area contributed by atoms with Crippen molar-refractivity contribution >= 4 is 17.2 Å². The van der Waals surface area contributed by atoms with Crippen LogP contribution in [0.1, 0.15) is 25.6 Å². The van der Waals surface area contributed by atoms with Crippen LogP contribution in [0.3, 0.4) is 0 Å². The average Bonchev–Trinajstić information content (AvgIpc) is 2.91. The average molecular weight is 295 g/mol. The van der Waals surface area contributed by atoms with Crippen LogP contribution in [0.15, 0.2) is 17.5 Å². The zero-order chi connectivity index (χ0) is 14.5. The number of rotatable bonds is 5. The largest absolute Gasteiger partial charge is 0.353 e. The van der Waals surface area contributed by atoms with Gasteiger partial charge in [-0.2, -0.15) is 0 Å². The van der Waals surface area contributed by atoms with Crippen LogP contribution in [0.5, 0.6) is 0 Å². The summed E-state index contributed by atoms with van der Waals surface area (Å²) < 4.78 is 0. The molecule has 0 bridgehead atoms. The molecular formula is C15H25N3OS. The molecule has 20 heavy (non-hydrogen) atoms. The van der Waals surface area contributed by atoms with Crippen LogP contribution < -0.4 is 5.32 Å². The predicted octanol–water partition coefficient (Wildman–Crippen LogP) is 1.78. The summed E-state index contributed by atoms with van der Waals surface area (Å²) in [5.74, 6) is 0.145. The van der Waals surface area contributed by atoms with Crippen LogP contribution >= 0.6 is 11.3 Å². The lowest BCUT2D eigenvalue weighted by atomic mass is 10.2. The summed E-state index contributed by atoms with van der Waals surface area (Å²) in [6, 6.07) is 4.48. The SMILES string of the molecule is CC(C)NC(=O)[C@@H](C)N1CCN(Cc2cccs2)CC1. The monoisotopic (exact) mass is 295 g/mol. The molecule has 1 aliphatic rings. The summed E-state index contributed by atoms with van der Waals surface area (Å²) in [6.45, 7) is 11.1. The molecule has 2 rings (SSSR count). The van der Waals surface area contributed by atoms with Crippen molar-refractivity contribution in [3.8, 4) is 0 Å². The molecular weight excluding hydrogens is 270 g/mol. The zero-order valence-corrected chi connectivity index (χ0v) is 13.4. The van der Waals surface area contributed by atoms with Gasteiger partial charge in [-0.05, 0) is 32.2 Å². The van der Waals surface area contributed by atoms with Crippen molar-refractivity contribution in [3.63, 3.8) is 0 Å². The third kappa shape index (κ3) is 4.30. The molecule has 0 saturated carbocycles. The third-order valence-corrected chi connectivity index (χ3v) is 4.59. The predicted molar refractivity (Wildman–Crippen MR) is 83.9 cm³/mol. The van der Waals surface area contributed by atoms with Gasteiger partial charge in [-0.1, -0.05) is 6.07 Å². The maximum atomic E-state index is 12.0. The molecule has 1 saturated heterocycles. The first-order valence-corrected chi connectivity index (χ1v) is 8.23. The molecule has 5 heteroatoms. The van der Waals surface area contributed by atoms with Crippen LogP contribution in [0, 0.1) is 0 Å². The molecule has 112 valence electrons. The zero-order valence-electron chi connectivity index (χ0n) is 12.6. The minimum absolute atomic E-state index is 0.0266. The number of carbonyl (C=O) groups is 1.